The Balaban J connectivity index is 1.92. The van der Waals surface area contributed by atoms with Crippen molar-refractivity contribution in [3.05, 3.63) is 57.5 Å². The Bertz CT molecular complexity index is 693. The summed E-state index contributed by atoms with van der Waals surface area (Å²) >= 11 is 9.24. The fraction of sp³-hybridized carbons (Fsp3) is 0.235. The van der Waals surface area contributed by atoms with Crippen LogP contribution in [0.4, 0.5) is 0 Å². The topological polar surface area (TPSA) is 47.6 Å². The highest BCUT2D eigenvalue weighted by atomic mass is 79.9. The molecule has 0 aliphatic heterocycles. The number of halogens is 2. The second-order valence-electron chi connectivity index (χ2n) is 4.90. The summed E-state index contributed by atoms with van der Waals surface area (Å²) in [7, 11) is 1.61. The lowest BCUT2D eigenvalue weighted by molar-refractivity contribution is -0.127. The van der Waals surface area contributed by atoms with Gasteiger partial charge in [0.25, 0.3) is 5.91 Å². The summed E-state index contributed by atoms with van der Waals surface area (Å²) in [6, 6.07) is 12.7. The molecule has 2 aromatic carbocycles. The summed E-state index contributed by atoms with van der Waals surface area (Å²) in [5.41, 5.74) is 0.956. The van der Waals surface area contributed by atoms with Gasteiger partial charge in [0.1, 0.15) is 11.5 Å². The van der Waals surface area contributed by atoms with Crippen LogP contribution < -0.4 is 14.8 Å². The fourth-order valence-electron chi connectivity index (χ4n) is 1.93. The van der Waals surface area contributed by atoms with Crippen LogP contribution in [0.3, 0.4) is 0 Å². The van der Waals surface area contributed by atoms with Crippen molar-refractivity contribution in [3.8, 4) is 11.5 Å². The molecule has 0 aliphatic rings. The predicted molar refractivity (Wildman–Crippen MR) is 94.1 cm³/mol. The third-order valence-electron chi connectivity index (χ3n) is 3.17. The van der Waals surface area contributed by atoms with Gasteiger partial charge in [-0.3, -0.25) is 4.79 Å². The smallest absolute Gasteiger partial charge is 0.261 e. The first-order valence-electron chi connectivity index (χ1n) is 7.02. The number of methoxy groups -OCH3 is 1. The molecule has 0 fully saturated rings. The molecule has 0 radical (unpaired) electrons. The van der Waals surface area contributed by atoms with E-state index >= 15 is 0 Å². The molecule has 4 nitrogen and oxygen atoms in total. The minimum Gasteiger partial charge on any atom is -0.497 e. The summed E-state index contributed by atoms with van der Waals surface area (Å²) in [6.45, 7) is 2.10. The lowest BCUT2D eigenvalue weighted by Gasteiger charge is -2.16. The average molecular weight is 399 g/mol. The van der Waals surface area contributed by atoms with E-state index in [1.807, 2.05) is 24.3 Å². The fourth-order valence-corrected chi connectivity index (χ4v) is 2.71. The first-order valence-corrected chi connectivity index (χ1v) is 8.19. The van der Waals surface area contributed by atoms with E-state index in [0.29, 0.717) is 21.8 Å². The number of hydrogen-bond acceptors (Lipinski definition) is 3. The Kier molecular flexibility index (Phi) is 6.30. The van der Waals surface area contributed by atoms with Crippen molar-refractivity contribution in [2.45, 2.75) is 19.6 Å². The third kappa shape index (κ3) is 5.15. The molecule has 6 heteroatoms. The molecule has 23 heavy (non-hydrogen) atoms. The number of rotatable bonds is 6. The van der Waals surface area contributed by atoms with Crippen molar-refractivity contribution in [1.82, 2.24) is 5.32 Å². The lowest BCUT2D eigenvalue weighted by atomic mass is 10.2. The van der Waals surface area contributed by atoms with Crippen LogP contribution in [0.25, 0.3) is 0 Å². The van der Waals surface area contributed by atoms with E-state index < -0.39 is 6.10 Å². The maximum Gasteiger partial charge on any atom is 0.261 e. The molecular weight excluding hydrogens is 382 g/mol. The number of carbonyl (C=O) groups excluding carboxylic acids is 1. The number of benzene rings is 2. The van der Waals surface area contributed by atoms with Crippen LogP contribution in [0.15, 0.2) is 46.9 Å². The number of carbonyl (C=O) groups is 1. The highest BCUT2D eigenvalue weighted by molar-refractivity contribution is 9.10. The van der Waals surface area contributed by atoms with Gasteiger partial charge in [-0.15, -0.1) is 0 Å². The van der Waals surface area contributed by atoms with Crippen LogP contribution in [0.2, 0.25) is 5.02 Å². The van der Waals surface area contributed by atoms with Gasteiger partial charge in [0.2, 0.25) is 0 Å². The molecule has 2 rings (SSSR count). The van der Waals surface area contributed by atoms with Gasteiger partial charge in [-0.2, -0.15) is 0 Å². The maximum atomic E-state index is 12.1. The Morgan fingerprint density at radius 3 is 2.78 bits per heavy atom. The summed E-state index contributed by atoms with van der Waals surface area (Å²) in [5.74, 6) is 1.12. The third-order valence-corrected chi connectivity index (χ3v) is 4.02. The quantitative estimate of drug-likeness (QED) is 0.793. The van der Waals surface area contributed by atoms with Crippen molar-refractivity contribution in [2.24, 2.45) is 0 Å². The molecule has 1 unspecified atom stereocenters. The Morgan fingerprint density at radius 2 is 2.09 bits per heavy atom. The second-order valence-corrected chi connectivity index (χ2v) is 6.19. The van der Waals surface area contributed by atoms with Gasteiger partial charge in [0.05, 0.1) is 11.6 Å². The first-order chi connectivity index (χ1) is 11.0. The van der Waals surface area contributed by atoms with Crippen molar-refractivity contribution in [3.63, 3.8) is 0 Å². The average Bonchev–Trinajstić information content (AvgIpc) is 2.55. The van der Waals surface area contributed by atoms with Crippen LogP contribution in [-0.2, 0) is 11.3 Å². The van der Waals surface area contributed by atoms with Crippen molar-refractivity contribution in [1.29, 1.82) is 0 Å². The van der Waals surface area contributed by atoms with Crippen LogP contribution in [0, 0.1) is 0 Å². The highest BCUT2D eigenvalue weighted by Gasteiger charge is 2.15. The predicted octanol–water partition coefficient (Wildman–Crippen LogP) is 4.19. The molecule has 0 heterocycles. The Labute approximate surface area is 148 Å². The van der Waals surface area contributed by atoms with E-state index in [-0.39, 0.29) is 5.91 Å². The Morgan fingerprint density at radius 1 is 1.30 bits per heavy atom. The standard InChI is InChI=1S/C17H17BrClNO3/c1-11(23-16-7-6-13(19)9-15(16)18)17(21)20-10-12-4-3-5-14(8-12)22-2/h3-9,11H,10H2,1-2H3,(H,20,21). The van der Waals surface area contributed by atoms with Gasteiger partial charge in [0.15, 0.2) is 6.10 Å². The van der Waals surface area contributed by atoms with E-state index in [2.05, 4.69) is 21.2 Å². The van der Waals surface area contributed by atoms with E-state index in [1.165, 1.54) is 0 Å². The minimum absolute atomic E-state index is 0.199. The molecule has 0 saturated heterocycles. The SMILES string of the molecule is COc1cccc(CNC(=O)C(C)Oc2ccc(Cl)cc2Br)c1. The van der Waals surface area contributed by atoms with Gasteiger partial charge in [0, 0.05) is 11.6 Å². The molecule has 1 atom stereocenters. The molecule has 0 bridgehead atoms. The van der Waals surface area contributed by atoms with Crippen LogP contribution in [0.5, 0.6) is 11.5 Å². The molecule has 2 aromatic rings. The van der Waals surface area contributed by atoms with E-state index in [9.17, 15) is 4.79 Å². The van der Waals surface area contributed by atoms with E-state index in [4.69, 9.17) is 21.1 Å². The Hall–Kier alpha value is -1.72. The van der Waals surface area contributed by atoms with Gasteiger partial charge in [-0.25, -0.2) is 0 Å². The van der Waals surface area contributed by atoms with Crippen molar-refractivity contribution < 1.29 is 14.3 Å². The van der Waals surface area contributed by atoms with Crippen LogP contribution in [0.1, 0.15) is 12.5 Å². The van der Waals surface area contributed by atoms with Gasteiger partial charge in [-0.1, -0.05) is 23.7 Å². The lowest BCUT2D eigenvalue weighted by Crippen LogP contribution is -2.35. The summed E-state index contributed by atoms with van der Waals surface area (Å²) in [5, 5.41) is 3.44. The zero-order valence-corrected chi connectivity index (χ0v) is 15.1. The zero-order chi connectivity index (χ0) is 16.8. The number of nitrogens with one attached hydrogen (secondary N) is 1. The van der Waals surface area contributed by atoms with Crippen LogP contribution in [-0.4, -0.2) is 19.1 Å². The second kappa shape index (κ2) is 8.22. The van der Waals surface area contributed by atoms with E-state index in [0.717, 1.165) is 11.3 Å². The normalized spacial score (nSPS) is 11.7. The summed E-state index contributed by atoms with van der Waals surface area (Å²) in [4.78, 5) is 12.1. The largest absolute Gasteiger partial charge is 0.497 e. The van der Waals surface area contributed by atoms with E-state index in [1.54, 1.807) is 32.2 Å². The molecule has 1 N–H and O–H groups in total. The molecule has 0 aliphatic carbocycles. The van der Waals surface area contributed by atoms with Gasteiger partial charge < -0.3 is 14.8 Å². The first kappa shape index (κ1) is 17.6. The summed E-state index contributed by atoms with van der Waals surface area (Å²) < 4.78 is 11.5. The number of ether oxygens (including phenoxy) is 2. The molecule has 122 valence electrons. The maximum absolute atomic E-state index is 12.1. The molecule has 0 saturated carbocycles. The number of amides is 1. The van der Waals surface area contributed by atoms with Gasteiger partial charge in [-0.05, 0) is 58.7 Å². The van der Waals surface area contributed by atoms with Gasteiger partial charge >= 0.3 is 0 Å². The highest BCUT2D eigenvalue weighted by Crippen LogP contribution is 2.28. The van der Waals surface area contributed by atoms with Crippen molar-refractivity contribution in [2.75, 3.05) is 7.11 Å². The molecule has 1 amide bonds. The molecule has 0 aromatic heterocycles. The summed E-state index contributed by atoms with van der Waals surface area (Å²) in [6.07, 6.45) is -0.627. The molecular formula is C17H17BrClNO3. The monoisotopic (exact) mass is 397 g/mol. The minimum atomic E-state index is -0.627. The zero-order valence-electron chi connectivity index (χ0n) is 12.8. The molecule has 0 spiro atoms. The number of hydrogen-bond donors (Lipinski definition) is 1. The van der Waals surface area contributed by atoms with Crippen LogP contribution >= 0.6 is 27.5 Å². The van der Waals surface area contributed by atoms with Crippen molar-refractivity contribution >= 4 is 33.4 Å².